The van der Waals surface area contributed by atoms with Gasteiger partial charge in [-0.25, -0.2) is 0 Å². The van der Waals surface area contributed by atoms with E-state index in [1.54, 1.807) is 20.8 Å². The molecule has 0 bridgehead atoms. The lowest BCUT2D eigenvalue weighted by Gasteiger charge is -2.31. The molecular formula is C14H27NO4. The van der Waals surface area contributed by atoms with Crippen LogP contribution in [0.1, 0.15) is 34.6 Å². The SMILES string of the molecule is CCOC(=O)C(C)CN(CC(C)C(C)=O)C(C)CO. The van der Waals surface area contributed by atoms with Gasteiger partial charge in [0, 0.05) is 25.0 Å². The lowest BCUT2D eigenvalue weighted by atomic mass is 10.0. The van der Waals surface area contributed by atoms with Crippen LogP contribution in [0.3, 0.4) is 0 Å². The highest BCUT2D eigenvalue weighted by atomic mass is 16.5. The molecule has 0 radical (unpaired) electrons. The minimum Gasteiger partial charge on any atom is -0.466 e. The van der Waals surface area contributed by atoms with Crippen molar-refractivity contribution >= 4 is 11.8 Å². The van der Waals surface area contributed by atoms with Gasteiger partial charge in [-0.15, -0.1) is 0 Å². The molecule has 0 spiro atoms. The second kappa shape index (κ2) is 9.04. The van der Waals surface area contributed by atoms with E-state index >= 15 is 0 Å². The number of hydrogen-bond acceptors (Lipinski definition) is 5. The molecule has 0 aromatic carbocycles. The van der Waals surface area contributed by atoms with Crippen LogP contribution in [0.4, 0.5) is 0 Å². The zero-order valence-electron chi connectivity index (χ0n) is 12.7. The average molecular weight is 273 g/mol. The molecule has 0 aliphatic carbocycles. The van der Waals surface area contributed by atoms with Gasteiger partial charge in [-0.2, -0.15) is 0 Å². The van der Waals surface area contributed by atoms with Crippen molar-refractivity contribution in [2.24, 2.45) is 11.8 Å². The van der Waals surface area contributed by atoms with Gasteiger partial charge < -0.3 is 9.84 Å². The first-order valence-corrected chi connectivity index (χ1v) is 6.85. The number of ketones is 1. The molecule has 19 heavy (non-hydrogen) atoms. The van der Waals surface area contributed by atoms with Gasteiger partial charge in [0.05, 0.1) is 19.1 Å². The zero-order valence-corrected chi connectivity index (χ0v) is 12.7. The van der Waals surface area contributed by atoms with E-state index in [-0.39, 0.29) is 36.2 Å². The smallest absolute Gasteiger partial charge is 0.309 e. The highest BCUT2D eigenvalue weighted by Crippen LogP contribution is 2.10. The molecule has 0 aliphatic heterocycles. The van der Waals surface area contributed by atoms with E-state index in [4.69, 9.17) is 4.74 Å². The van der Waals surface area contributed by atoms with Crippen LogP contribution in [0, 0.1) is 11.8 Å². The maximum absolute atomic E-state index is 11.6. The molecule has 0 rings (SSSR count). The quantitative estimate of drug-likeness (QED) is 0.637. The summed E-state index contributed by atoms with van der Waals surface area (Å²) in [5.41, 5.74) is 0. The van der Waals surface area contributed by atoms with Crippen LogP contribution in [0.5, 0.6) is 0 Å². The Hall–Kier alpha value is -0.940. The van der Waals surface area contributed by atoms with E-state index in [0.29, 0.717) is 19.7 Å². The number of aliphatic hydroxyl groups is 1. The van der Waals surface area contributed by atoms with Crippen LogP contribution in [-0.4, -0.2) is 54.1 Å². The lowest BCUT2D eigenvalue weighted by Crippen LogP contribution is -2.43. The Bertz CT molecular complexity index is 293. The fourth-order valence-corrected chi connectivity index (χ4v) is 1.74. The van der Waals surface area contributed by atoms with E-state index < -0.39 is 0 Å². The van der Waals surface area contributed by atoms with Crippen molar-refractivity contribution < 1.29 is 19.4 Å². The highest BCUT2D eigenvalue weighted by Gasteiger charge is 2.23. The number of carbonyl (C=O) groups is 2. The predicted molar refractivity (Wildman–Crippen MR) is 73.8 cm³/mol. The van der Waals surface area contributed by atoms with Gasteiger partial charge in [0.2, 0.25) is 0 Å². The number of esters is 1. The molecule has 3 unspecified atom stereocenters. The fourth-order valence-electron chi connectivity index (χ4n) is 1.74. The minimum atomic E-state index is -0.270. The van der Waals surface area contributed by atoms with E-state index in [1.165, 1.54) is 0 Å². The summed E-state index contributed by atoms with van der Waals surface area (Å²) in [6, 6.07) is -0.0846. The molecule has 5 heteroatoms. The van der Waals surface area contributed by atoms with Crippen LogP contribution < -0.4 is 0 Å². The third-order valence-corrected chi connectivity index (χ3v) is 3.29. The van der Waals surface area contributed by atoms with Gasteiger partial charge >= 0.3 is 5.97 Å². The molecule has 0 saturated heterocycles. The first-order chi connectivity index (χ1) is 8.83. The molecule has 0 aliphatic rings. The minimum absolute atomic E-state index is 0.000169. The standard InChI is InChI=1S/C14H27NO4/c1-6-19-14(18)11(3)8-15(12(4)9-16)7-10(2)13(5)17/h10-12,16H,6-9H2,1-5H3. The van der Waals surface area contributed by atoms with Gasteiger partial charge in [0.1, 0.15) is 5.78 Å². The molecule has 0 aromatic rings. The summed E-state index contributed by atoms with van der Waals surface area (Å²) in [5.74, 6) is -0.511. The summed E-state index contributed by atoms with van der Waals surface area (Å²) >= 11 is 0. The third-order valence-electron chi connectivity index (χ3n) is 3.29. The van der Waals surface area contributed by atoms with Gasteiger partial charge in [-0.3, -0.25) is 14.5 Å². The third kappa shape index (κ3) is 6.68. The zero-order chi connectivity index (χ0) is 15.0. The second-order valence-electron chi connectivity index (χ2n) is 5.15. The number of nitrogens with zero attached hydrogens (tertiary/aromatic N) is 1. The van der Waals surface area contributed by atoms with Crippen molar-refractivity contribution in [3.05, 3.63) is 0 Å². The van der Waals surface area contributed by atoms with Gasteiger partial charge in [0.25, 0.3) is 0 Å². The number of Topliss-reactive ketones (excluding diaryl/α,β-unsaturated/α-hetero) is 1. The van der Waals surface area contributed by atoms with E-state index in [0.717, 1.165) is 0 Å². The van der Waals surface area contributed by atoms with Crippen LogP contribution in [-0.2, 0) is 14.3 Å². The molecular weight excluding hydrogens is 246 g/mol. The predicted octanol–water partition coefficient (Wildman–Crippen LogP) is 1.09. The Morgan fingerprint density at radius 1 is 1.16 bits per heavy atom. The van der Waals surface area contributed by atoms with Gasteiger partial charge in [-0.05, 0) is 20.8 Å². The van der Waals surface area contributed by atoms with Crippen LogP contribution in [0.25, 0.3) is 0 Å². The van der Waals surface area contributed by atoms with Gasteiger partial charge in [0.15, 0.2) is 0 Å². The largest absolute Gasteiger partial charge is 0.466 e. The number of rotatable bonds is 9. The monoisotopic (exact) mass is 273 g/mol. The number of ether oxygens (including phenoxy) is 1. The fraction of sp³-hybridized carbons (Fsp3) is 0.857. The molecule has 0 saturated carbocycles. The van der Waals surface area contributed by atoms with Crippen LogP contribution in [0.2, 0.25) is 0 Å². The molecule has 5 nitrogen and oxygen atoms in total. The average Bonchev–Trinajstić information content (AvgIpc) is 2.36. The topological polar surface area (TPSA) is 66.8 Å². The first-order valence-electron chi connectivity index (χ1n) is 6.85. The summed E-state index contributed by atoms with van der Waals surface area (Å²) in [6.07, 6.45) is 0. The molecule has 0 fully saturated rings. The maximum atomic E-state index is 11.6. The Morgan fingerprint density at radius 3 is 2.11 bits per heavy atom. The number of aliphatic hydroxyl groups excluding tert-OH is 1. The van der Waals surface area contributed by atoms with Gasteiger partial charge in [-0.1, -0.05) is 13.8 Å². The molecule has 112 valence electrons. The Balaban J connectivity index is 4.59. The molecule has 0 heterocycles. The van der Waals surface area contributed by atoms with Crippen molar-refractivity contribution in [3.63, 3.8) is 0 Å². The Labute approximate surface area is 115 Å². The second-order valence-corrected chi connectivity index (χ2v) is 5.15. The summed E-state index contributed by atoms with van der Waals surface area (Å²) in [4.78, 5) is 24.9. The summed E-state index contributed by atoms with van der Waals surface area (Å²) in [7, 11) is 0. The molecule has 0 aromatic heterocycles. The summed E-state index contributed by atoms with van der Waals surface area (Å²) in [5, 5.41) is 9.27. The van der Waals surface area contributed by atoms with Crippen molar-refractivity contribution in [1.82, 2.24) is 4.90 Å². The normalized spacial score (nSPS) is 15.9. The van der Waals surface area contributed by atoms with Crippen molar-refractivity contribution in [2.45, 2.75) is 40.7 Å². The van der Waals surface area contributed by atoms with Crippen LogP contribution >= 0.6 is 0 Å². The number of carbonyl (C=O) groups excluding carboxylic acids is 2. The number of hydrogen-bond donors (Lipinski definition) is 1. The molecule has 0 amide bonds. The lowest BCUT2D eigenvalue weighted by molar-refractivity contribution is -0.148. The molecule has 1 N–H and O–H groups in total. The highest BCUT2D eigenvalue weighted by molar-refractivity contribution is 5.78. The van der Waals surface area contributed by atoms with Crippen molar-refractivity contribution in [3.8, 4) is 0 Å². The van der Waals surface area contributed by atoms with E-state index in [9.17, 15) is 14.7 Å². The Morgan fingerprint density at radius 2 is 1.68 bits per heavy atom. The summed E-state index contributed by atoms with van der Waals surface area (Å²) < 4.78 is 4.98. The van der Waals surface area contributed by atoms with E-state index in [2.05, 4.69) is 0 Å². The summed E-state index contributed by atoms with van der Waals surface area (Å²) in [6.45, 7) is 10.3. The van der Waals surface area contributed by atoms with Crippen LogP contribution in [0.15, 0.2) is 0 Å². The Kier molecular flexibility index (Phi) is 8.59. The van der Waals surface area contributed by atoms with Crippen molar-refractivity contribution in [1.29, 1.82) is 0 Å². The van der Waals surface area contributed by atoms with E-state index in [1.807, 2.05) is 18.7 Å². The first kappa shape index (κ1) is 18.1. The maximum Gasteiger partial charge on any atom is 0.309 e. The molecule has 3 atom stereocenters. The van der Waals surface area contributed by atoms with Crippen molar-refractivity contribution in [2.75, 3.05) is 26.3 Å².